The average Bonchev–Trinajstić information content (AvgIpc) is 3.08. The summed E-state index contributed by atoms with van der Waals surface area (Å²) < 4.78 is 2.17. The van der Waals surface area contributed by atoms with Crippen molar-refractivity contribution in [2.75, 3.05) is 13.1 Å². The molecule has 0 spiro atoms. The molecule has 0 radical (unpaired) electrons. The third kappa shape index (κ3) is 1.89. The molecular formula is C17H19N3O2. The first-order valence-electron chi connectivity index (χ1n) is 7.71. The maximum Gasteiger partial charge on any atom is 0.219 e. The SMILES string of the molecule is CC(=O)N1CC[C@H]([C@@H]2c3ccccc3-c3cncn32)[C@@H](O)C1. The molecule has 1 fully saturated rings. The molecule has 5 heteroatoms. The number of piperidine rings is 1. The number of carbonyl (C=O) groups is 1. The number of β-amino-alcohol motifs (C(OH)–C–C–N with tert-alkyl or cyclic N) is 1. The van der Waals surface area contributed by atoms with E-state index in [0.29, 0.717) is 13.1 Å². The Morgan fingerprint density at radius 1 is 1.36 bits per heavy atom. The number of aliphatic hydroxyl groups excluding tert-OH is 1. The van der Waals surface area contributed by atoms with E-state index in [4.69, 9.17) is 0 Å². The van der Waals surface area contributed by atoms with E-state index in [0.717, 1.165) is 12.1 Å². The van der Waals surface area contributed by atoms with Crippen LogP contribution in [0.2, 0.25) is 0 Å². The Labute approximate surface area is 129 Å². The van der Waals surface area contributed by atoms with Crippen molar-refractivity contribution in [1.29, 1.82) is 0 Å². The van der Waals surface area contributed by atoms with Gasteiger partial charge in [0.25, 0.3) is 0 Å². The van der Waals surface area contributed by atoms with Gasteiger partial charge in [-0.05, 0) is 12.0 Å². The number of fused-ring (bicyclic) bond motifs is 3. The molecular weight excluding hydrogens is 278 g/mol. The summed E-state index contributed by atoms with van der Waals surface area (Å²) >= 11 is 0. The summed E-state index contributed by atoms with van der Waals surface area (Å²) in [4.78, 5) is 17.5. The summed E-state index contributed by atoms with van der Waals surface area (Å²) in [7, 11) is 0. The largest absolute Gasteiger partial charge is 0.391 e. The van der Waals surface area contributed by atoms with Crippen molar-refractivity contribution < 1.29 is 9.90 Å². The summed E-state index contributed by atoms with van der Waals surface area (Å²) in [5.41, 5.74) is 3.56. The fourth-order valence-corrected chi connectivity index (χ4v) is 3.91. The van der Waals surface area contributed by atoms with Gasteiger partial charge in [0.1, 0.15) is 0 Å². The molecule has 0 aliphatic carbocycles. The molecule has 1 amide bonds. The van der Waals surface area contributed by atoms with Crippen LogP contribution in [0.4, 0.5) is 0 Å². The Hall–Kier alpha value is -2.14. The van der Waals surface area contributed by atoms with Gasteiger partial charge < -0.3 is 14.6 Å². The Morgan fingerprint density at radius 2 is 2.18 bits per heavy atom. The van der Waals surface area contributed by atoms with Gasteiger partial charge >= 0.3 is 0 Å². The summed E-state index contributed by atoms with van der Waals surface area (Å²) in [5, 5.41) is 10.6. The number of amides is 1. The third-order valence-corrected chi connectivity index (χ3v) is 5.01. The Bertz CT molecular complexity index is 724. The van der Waals surface area contributed by atoms with Crippen molar-refractivity contribution in [1.82, 2.24) is 14.5 Å². The van der Waals surface area contributed by atoms with Gasteiger partial charge in [-0.15, -0.1) is 0 Å². The highest BCUT2D eigenvalue weighted by Gasteiger charge is 2.40. The fourth-order valence-electron chi connectivity index (χ4n) is 3.91. The van der Waals surface area contributed by atoms with Gasteiger partial charge in [-0.2, -0.15) is 0 Å². The van der Waals surface area contributed by atoms with E-state index in [1.54, 1.807) is 11.8 Å². The Balaban J connectivity index is 1.70. The van der Waals surface area contributed by atoms with E-state index >= 15 is 0 Å². The molecule has 22 heavy (non-hydrogen) atoms. The number of benzene rings is 1. The zero-order valence-corrected chi connectivity index (χ0v) is 12.5. The van der Waals surface area contributed by atoms with Crippen molar-refractivity contribution in [3.8, 4) is 11.3 Å². The minimum atomic E-state index is -0.510. The topological polar surface area (TPSA) is 58.4 Å². The molecule has 0 saturated carbocycles. The minimum Gasteiger partial charge on any atom is -0.391 e. The number of hydrogen-bond acceptors (Lipinski definition) is 3. The van der Waals surface area contributed by atoms with Crippen molar-refractivity contribution in [3.05, 3.63) is 42.4 Å². The predicted octanol–water partition coefficient (Wildman–Crippen LogP) is 1.68. The van der Waals surface area contributed by atoms with Crippen molar-refractivity contribution in [2.24, 2.45) is 5.92 Å². The summed E-state index contributed by atoms with van der Waals surface area (Å²) in [6.07, 6.45) is 4.03. The van der Waals surface area contributed by atoms with E-state index in [-0.39, 0.29) is 17.9 Å². The number of aliphatic hydroxyl groups is 1. The molecule has 2 aliphatic rings. The smallest absolute Gasteiger partial charge is 0.219 e. The van der Waals surface area contributed by atoms with E-state index in [1.165, 1.54) is 11.1 Å². The van der Waals surface area contributed by atoms with Gasteiger partial charge in [-0.3, -0.25) is 4.79 Å². The second-order valence-corrected chi connectivity index (χ2v) is 6.20. The van der Waals surface area contributed by atoms with Gasteiger partial charge in [-0.1, -0.05) is 24.3 Å². The number of likely N-dealkylation sites (tertiary alicyclic amines) is 1. The third-order valence-electron chi connectivity index (χ3n) is 5.01. The molecule has 1 N–H and O–H groups in total. The summed E-state index contributed by atoms with van der Waals surface area (Å²) in [6.45, 7) is 2.69. The van der Waals surface area contributed by atoms with Crippen molar-refractivity contribution in [2.45, 2.75) is 25.5 Å². The number of rotatable bonds is 1. The normalized spacial score (nSPS) is 26.6. The van der Waals surface area contributed by atoms with Gasteiger partial charge in [-0.25, -0.2) is 4.98 Å². The van der Waals surface area contributed by atoms with Crippen LogP contribution in [0.3, 0.4) is 0 Å². The number of carbonyl (C=O) groups excluding carboxylic acids is 1. The van der Waals surface area contributed by atoms with Crippen LogP contribution in [0, 0.1) is 5.92 Å². The van der Waals surface area contributed by atoms with Crippen molar-refractivity contribution >= 4 is 5.91 Å². The lowest BCUT2D eigenvalue weighted by Crippen LogP contribution is -2.48. The lowest BCUT2D eigenvalue weighted by Gasteiger charge is -2.39. The van der Waals surface area contributed by atoms with Crippen LogP contribution in [-0.4, -0.2) is 44.7 Å². The van der Waals surface area contributed by atoms with Crippen LogP contribution >= 0.6 is 0 Å². The zero-order valence-electron chi connectivity index (χ0n) is 12.5. The van der Waals surface area contributed by atoms with E-state index < -0.39 is 6.10 Å². The van der Waals surface area contributed by atoms with E-state index in [2.05, 4.69) is 21.7 Å². The van der Waals surface area contributed by atoms with Crippen LogP contribution in [-0.2, 0) is 4.79 Å². The van der Waals surface area contributed by atoms with Gasteiger partial charge in [0.2, 0.25) is 5.91 Å². The first kappa shape index (κ1) is 13.5. The van der Waals surface area contributed by atoms with Crippen LogP contribution in [0.15, 0.2) is 36.8 Å². The quantitative estimate of drug-likeness (QED) is 0.871. The highest BCUT2D eigenvalue weighted by Crippen LogP contribution is 2.45. The van der Waals surface area contributed by atoms with Crippen molar-refractivity contribution in [3.63, 3.8) is 0 Å². The Morgan fingerprint density at radius 3 is 2.95 bits per heavy atom. The number of hydrogen-bond donors (Lipinski definition) is 1. The molecule has 3 atom stereocenters. The average molecular weight is 297 g/mol. The zero-order chi connectivity index (χ0) is 15.3. The molecule has 5 nitrogen and oxygen atoms in total. The molecule has 114 valence electrons. The van der Waals surface area contributed by atoms with Crippen LogP contribution in [0.1, 0.15) is 24.9 Å². The van der Waals surface area contributed by atoms with Gasteiger partial charge in [0.15, 0.2) is 0 Å². The maximum absolute atomic E-state index is 11.5. The summed E-state index contributed by atoms with van der Waals surface area (Å²) in [6, 6.07) is 8.44. The molecule has 4 rings (SSSR count). The highest BCUT2D eigenvalue weighted by molar-refractivity contribution is 5.73. The molecule has 1 aromatic heterocycles. The van der Waals surface area contributed by atoms with E-state index in [1.807, 2.05) is 24.7 Å². The maximum atomic E-state index is 11.5. The molecule has 0 unspecified atom stereocenters. The monoisotopic (exact) mass is 297 g/mol. The van der Waals surface area contributed by atoms with E-state index in [9.17, 15) is 9.90 Å². The fraction of sp³-hybridized carbons (Fsp3) is 0.412. The molecule has 1 saturated heterocycles. The standard InChI is InChI=1S/C17H19N3O2/c1-11(21)19-7-6-14(16(22)9-19)17-13-5-3-2-4-12(13)15-8-18-10-20(15)17/h2-5,8,10,14,16-17,22H,6-7,9H2,1H3/t14-,16-,17-/m0/s1. The first-order chi connectivity index (χ1) is 10.7. The number of aromatic nitrogens is 2. The molecule has 0 bridgehead atoms. The Kier molecular flexibility index (Phi) is 3.04. The summed E-state index contributed by atoms with van der Waals surface area (Å²) in [5.74, 6) is 0.139. The molecule has 2 aliphatic heterocycles. The first-order valence-corrected chi connectivity index (χ1v) is 7.71. The van der Waals surface area contributed by atoms with Crippen LogP contribution < -0.4 is 0 Å². The minimum absolute atomic E-state index is 0.0349. The molecule has 2 aromatic rings. The molecule has 1 aromatic carbocycles. The van der Waals surface area contributed by atoms with Gasteiger partial charge in [0.05, 0.1) is 30.4 Å². The molecule has 3 heterocycles. The van der Waals surface area contributed by atoms with Gasteiger partial charge in [0, 0.05) is 31.5 Å². The second kappa shape index (κ2) is 4.95. The number of nitrogens with zero attached hydrogens (tertiary/aromatic N) is 3. The predicted molar refractivity (Wildman–Crippen MR) is 82.2 cm³/mol. The highest BCUT2D eigenvalue weighted by atomic mass is 16.3. The lowest BCUT2D eigenvalue weighted by atomic mass is 9.83. The lowest BCUT2D eigenvalue weighted by molar-refractivity contribution is -0.133. The second-order valence-electron chi connectivity index (χ2n) is 6.20. The number of imidazole rings is 1. The van der Waals surface area contributed by atoms with Crippen LogP contribution in [0.5, 0.6) is 0 Å². The van der Waals surface area contributed by atoms with Crippen LogP contribution in [0.25, 0.3) is 11.3 Å².